The molecule has 0 aliphatic heterocycles. The Bertz CT molecular complexity index is 1590. The fraction of sp³-hybridized carbons (Fsp3) is 0.346. The maximum Gasteiger partial charge on any atom is 0.404 e. The van der Waals surface area contributed by atoms with E-state index in [9.17, 15) is 18.4 Å². The molecule has 13 nitrogen and oxygen atoms in total. The summed E-state index contributed by atoms with van der Waals surface area (Å²) in [7, 11) is -1.41. The molecule has 3 aromatic heterocycles. The minimum atomic E-state index is -3.20. The molecule has 0 unspecified atom stereocenters. The molecule has 0 spiro atoms. The third kappa shape index (κ3) is 8.39. The average Bonchev–Trinajstić information content (AvgIpc) is 3.53. The van der Waals surface area contributed by atoms with Crippen molar-refractivity contribution in [3.63, 3.8) is 0 Å². The van der Waals surface area contributed by atoms with Crippen LogP contribution >= 0.6 is 11.6 Å². The van der Waals surface area contributed by atoms with Crippen LogP contribution in [0.3, 0.4) is 0 Å². The number of ether oxygens (including phenoxy) is 3. The molecule has 0 radical (unpaired) electrons. The smallest absolute Gasteiger partial charge is 0.404 e. The molecule has 1 aromatic carbocycles. The summed E-state index contributed by atoms with van der Waals surface area (Å²) in [5, 5.41) is 22.1. The zero-order valence-electron chi connectivity index (χ0n) is 23.5. The van der Waals surface area contributed by atoms with E-state index in [1.165, 1.54) is 33.9 Å². The summed E-state index contributed by atoms with van der Waals surface area (Å²) < 4.78 is 46.2. The SMILES string of the molecule is C[Si](C)(C)CCOCn1ncc(NC(=O)c2cnn3cccnc23)c1-c1cc(OCCNC(=O)O)c(Cl)cc1OC(F)F. The van der Waals surface area contributed by atoms with E-state index < -0.39 is 26.7 Å². The summed E-state index contributed by atoms with van der Waals surface area (Å²) in [4.78, 5) is 28.3. The van der Waals surface area contributed by atoms with Crippen molar-refractivity contribution >= 4 is 43.0 Å². The lowest BCUT2D eigenvalue weighted by atomic mass is 10.1. The van der Waals surface area contributed by atoms with Crippen molar-refractivity contribution in [3.05, 3.63) is 53.6 Å². The number of nitrogens with zero attached hydrogens (tertiary/aromatic N) is 5. The van der Waals surface area contributed by atoms with Crippen LogP contribution in [0, 0.1) is 0 Å². The lowest BCUT2D eigenvalue weighted by molar-refractivity contribution is -0.0495. The Morgan fingerprint density at radius 2 is 1.93 bits per heavy atom. The summed E-state index contributed by atoms with van der Waals surface area (Å²) in [6.45, 7) is 3.61. The molecule has 0 aliphatic rings. The number of rotatable bonds is 14. The number of anilines is 1. The predicted molar refractivity (Wildman–Crippen MR) is 156 cm³/mol. The minimum absolute atomic E-state index is 0.0574. The van der Waals surface area contributed by atoms with E-state index >= 15 is 0 Å². The van der Waals surface area contributed by atoms with Gasteiger partial charge in [0.05, 0.1) is 35.3 Å². The molecule has 4 aromatic rings. The van der Waals surface area contributed by atoms with Crippen LogP contribution in [0.4, 0.5) is 19.3 Å². The van der Waals surface area contributed by atoms with Crippen LogP contribution < -0.4 is 20.1 Å². The van der Waals surface area contributed by atoms with Crippen molar-refractivity contribution < 1.29 is 37.7 Å². The number of aromatic nitrogens is 5. The van der Waals surface area contributed by atoms with E-state index in [0.29, 0.717) is 12.3 Å². The van der Waals surface area contributed by atoms with Crippen LogP contribution in [0.5, 0.6) is 11.5 Å². The average molecular weight is 638 g/mol. The zero-order valence-corrected chi connectivity index (χ0v) is 25.3. The highest BCUT2D eigenvalue weighted by Crippen LogP contribution is 2.42. The highest BCUT2D eigenvalue weighted by atomic mass is 35.5. The zero-order chi connectivity index (χ0) is 31.1. The Morgan fingerprint density at radius 3 is 2.65 bits per heavy atom. The van der Waals surface area contributed by atoms with E-state index in [0.717, 1.165) is 12.1 Å². The van der Waals surface area contributed by atoms with Crippen LogP contribution in [0.2, 0.25) is 30.7 Å². The van der Waals surface area contributed by atoms with E-state index in [2.05, 4.69) is 45.5 Å². The highest BCUT2D eigenvalue weighted by molar-refractivity contribution is 6.76. The van der Waals surface area contributed by atoms with Crippen molar-refractivity contribution in [2.24, 2.45) is 0 Å². The van der Waals surface area contributed by atoms with E-state index in [1.807, 2.05) is 0 Å². The molecule has 0 bridgehead atoms. The van der Waals surface area contributed by atoms with Gasteiger partial charge in [-0.25, -0.2) is 19.0 Å². The number of amides is 2. The quantitative estimate of drug-likeness (QED) is 0.127. The number of hydrogen-bond acceptors (Lipinski definition) is 8. The maximum absolute atomic E-state index is 13.5. The normalized spacial score (nSPS) is 11.6. The van der Waals surface area contributed by atoms with Gasteiger partial charge >= 0.3 is 12.7 Å². The van der Waals surface area contributed by atoms with Gasteiger partial charge in [-0.05, 0) is 18.2 Å². The van der Waals surface area contributed by atoms with Gasteiger partial charge in [-0.3, -0.25) is 4.79 Å². The van der Waals surface area contributed by atoms with Crippen LogP contribution in [0.15, 0.2) is 43.0 Å². The minimum Gasteiger partial charge on any atom is -0.490 e. The molecule has 43 heavy (non-hydrogen) atoms. The van der Waals surface area contributed by atoms with Gasteiger partial charge < -0.3 is 30.0 Å². The Kier molecular flexibility index (Phi) is 10.2. The first-order chi connectivity index (χ1) is 20.4. The summed E-state index contributed by atoms with van der Waals surface area (Å²) in [5.74, 6) is -0.828. The molecule has 0 aliphatic carbocycles. The molecule has 0 atom stereocenters. The molecule has 0 saturated heterocycles. The lowest BCUT2D eigenvalue weighted by Crippen LogP contribution is -2.26. The second kappa shape index (κ2) is 13.8. The molecule has 0 fully saturated rings. The van der Waals surface area contributed by atoms with Crippen LogP contribution in [0.25, 0.3) is 16.9 Å². The van der Waals surface area contributed by atoms with Crippen molar-refractivity contribution in [2.75, 3.05) is 25.1 Å². The lowest BCUT2D eigenvalue weighted by Gasteiger charge is -2.18. The summed E-state index contributed by atoms with van der Waals surface area (Å²) in [6.07, 6.45) is 4.62. The third-order valence-corrected chi connectivity index (χ3v) is 7.96. The van der Waals surface area contributed by atoms with Crippen LogP contribution in [-0.4, -0.2) is 75.9 Å². The largest absolute Gasteiger partial charge is 0.490 e. The Balaban J connectivity index is 1.73. The number of nitrogens with one attached hydrogen (secondary N) is 2. The second-order valence-corrected chi connectivity index (χ2v) is 16.4. The molecule has 230 valence electrons. The van der Waals surface area contributed by atoms with Crippen LogP contribution in [0.1, 0.15) is 10.4 Å². The van der Waals surface area contributed by atoms with Gasteiger partial charge in [-0.2, -0.15) is 19.0 Å². The molecule has 3 heterocycles. The fourth-order valence-electron chi connectivity index (χ4n) is 3.91. The van der Waals surface area contributed by atoms with Crippen molar-refractivity contribution in [1.82, 2.24) is 29.7 Å². The van der Waals surface area contributed by atoms with Gasteiger partial charge in [0.2, 0.25) is 0 Å². The molecule has 0 saturated carbocycles. The number of benzene rings is 1. The monoisotopic (exact) mass is 637 g/mol. The van der Waals surface area contributed by atoms with Gasteiger partial charge in [-0.15, -0.1) is 0 Å². The van der Waals surface area contributed by atoms with Gasteiger partial charge in [-0.1, -0.05) is 31.2 Å². The number of carbonyl (C=O) groups is 2. The first-order valence-corrected chi connectivity index (χ1v) is 17.1. The van der Waals surface area contributed by atoms with E-state index in [4.69, 9.17) is 30.9 Å². The summed E-state index contributed by atoms with van der Waals surface area (Å²) in [6, 6.07) is 5.03. The number of fused-ring (bicyclic) bond motifs is 1. The van der Waals surface area contributed by atoms with E-state index in [-0.39, 0.29) is 58.9 Å². The van der Waals surface area contributed by atoms with Gasteiger partial charge in [0.15, 0.2) is 5.65 Å². The molecule has 17 heteroatoms. The third-order valence-electron chi connectivity index (χ3n) is 5.96. The predicted octanol–water partition coefficient (Wildman–Crippen LogP) is 5.06. The molecular weight excluding hydrogens is 608 g/mol. The molecule has 4 rings (SSSR count). The topological polar surface area (TPSA) is 154 Å². The highest BCUT2D eigenvalue weighted by Gasteiger charge is 2.25. The second-order valence-electron chi connectivity index (χ2n) is 10.4. The first-order valence-electron chi connectivity index (χ1n) is 13.0. The Hall–Kier alpha value is -4.28. The van der Waals surface area contributed by atoms with Crippen molar-refractivity contribution in [1.29, 1.82) is 0 Å². The maximum atomic E-state index is 13.5. The van der Waals surface area contributed by atoms with Gasteiger partial charge in [0.25, 0.3) is 5.91 Å². The Labute approximate surface area is 250 Å². The van der Waals surface area contributed by atoms with E-state index in [1.54, 1.807) is 12.3 Å². The van der Waals surface area contributed by atoms with Gasteiger partial charge in [0.1, 0.15) is 30.4 Å². The Morgan fingerprint density at radius 1 is 1.14 bits per heavy atom. The number of carboxylic acid groups (broad SMARTS) is 1. The summed E-state index contributed by atoms with van der Waals surface area (Å²) >= 11 is 6.30. The number of alkyl halides is 2. The number of halogens is 3. The number of carbonyl (C=O) groups excluding carboxylic acids is 1. The summed E-state index contributed by atoms with van der Waals surface area (Å²) in [5.41, 5.74) is 0.856. The van der Waals surface area contributed by atoms with Crippen LogP contribution in [-0.2, 0) is 11.5 Å². The van der Waals surface area contributed by atoms with Crippen molar-refractivity contribution in [3.8, 4) is 22.8 Å². The standard InChI is InChI=1S/C26H30ClF2N7O6Si/c1-43(2,3)10-9-40-15-36-22(19(14-33-36)34-24(37)17-13-32-35-7-4-5-30-23(17)35)16-11-21(41-8-6-31-26(38)39)18(27)12-20(16)42-25(28)29/h4-5,7,11-14,25,31H,6,8-10,15H2,1-3H3,(H,34,37)(H,38,39). The first kappa shape index (κ1) is 31.6. The molecule has 3 N–H and O–H groups in total. The van der Waals surface area contributed by atoms with Gasteiger partial charge in [0, 0.05) is 38.7 Å². The molecular formula is C26H30ClF2N7O6Si. The van der Waals surface area contributed by atoms with Crippen molar-refractivity contribution in [2.45, 2.75) is 39.0 Å². The molecule has 2 amide bonds. The number of hydrogen-bond donors (Lipinski definition) is 3. The fourth-order valence-corrected chi connectivity index (χ4v) is 4.87.